The summed E-state index contributed by atoms with van der Waals surface area (Å²) in [7, 11) is 1.39. The minimum absolute atomic E-state index is 0.132. The summed E-state index contributed by atoms with van der Waals surface area (Å²) >= 11 is 0. The number of fused-ring (bicyclic) bond motifs is 1. The molecule has 0 spiro atoms. The van der Waals surface area contributed by atoms with Crippen molar-refractivity contribution >= 4 is 22.6 Å². The Labute approximate surface area is 189 Å². The topological polar surface area (TPSA) is 43.7 Å². The lowest BCUT2D eigenvalue weighted by molar-refractivity contribution is -0.146. The number of carbonyl (C=O) groups is 1. The van der Waals surface area contributed by atoms with Crippen LogP contribution in [0.15, 0.2) is 48.7 Å². The smallest absolute Gasteiger partial charge is 0.416 e. The Bertz CT molecular complexity index is 1180. The first kappa shape index (κ1) is 21.8. The lowest BCUT2D eigenvalue weighted by Crippen LogP contribution is -2.50. The Hall–Kier alpha value is -3.00. The Morgan fingerprint density at radius 3 is 2.64 bits per heavy atom. The van der Waals surface area contributed by atoms with Gasteiger partial charge in [-0.2, -0.15) is 13.2 Å². The third-order valence-corrected chi connectivity index (χ3v) is 6.64. The average molecular weight is 458 g/mol. The van der Waals surface area contributed by atoms with Crippen molar-refractivity contribution in [2.24, 2.45) is 11.8 Å². The molecule has 3 aromatic rings. The predicted octanol–water partition coefficient (Wildman–Crippen LogP) is 4.84. The zero-order valence-corrected chi connectivity index (χ0v) is 18.3. The number of carbonyl (C=O) groups excluding carboxylic acids is 1. The number of ether oxygens (including phenoxy) is 2. The summed E-state index contributed by atoms with van der Waals surface area (Å²) in [6.07, 6.45) is -0.845. The van der Waals surface area contributed by atoms with Gasteiger partial charge < -0.3 is 18.9 Å². The zero-order valence-electron chi connectivity index (χ0n) is 18.3. The number of alkyl halides is 3. The maximum Gasteiger partial charge on any atom is 0.416 e. The van der Waals surface area contributed by atoms with Gasteiger partial charge in [0.15, 0.2) is 0 Å². The number of benzene rings is 2. The predicted molar refractivity (Wildman–Crippen MR) is 119 cm³/mol. The van der Waals surface area contributed by atoms with Crippen LogP contribution < -0.4 is 4.90 Å². The molecule has 174 valence electrons. The van der Waals surface area contributed by atoms with Crippen LogP contribution in [0.1, 0.15) is 17.5 Å². The third-order valence-electron chi connectivity index (χ3n) is 6.64. The van der Waals surface area contributed by atoms with Crippen LogP contribution in [0.2, 0.25) is 0 Å². The molecular formula is C25H25F3N2O3. The van der Waals surface area contributed by atoms with Gasteiger partial charge in [-0.1, -0.05) is 6.07 Å². The zero-order chi connectivity index (χ0) is 23.2. The van der Waals surface area contributed by atoms with E-state index in [1.165, 1.54) is 13.2 Å². The first-order valence-corrected chi connectivity index (χ1v) is 11.1. The molecule has 1 unspecified atom stereocenters. The number of nitrogens with zero attached hydrogens (tertiary/aromatic N) is 2. The van der Waals surface area contributed by atoms with Crippen molar-refractivity contribution in [3.05, 3.63) is 59.8 Å². The summed E-state index contributed by atoms with van der Waals surface area (Å²) in [5, 5.41) is 0.622. The van der Waals surface area contributed by atoms with E-state index in [0.717, 1.165) is 34.9 Å². The molecule has 2 saturated heterocycles. The van der Waals surface area contributed by atoms with E-state index in [1.54, 1.807) is 6.07 Å². The normalized spacial score (nSPS) is 19.2. The van der Waals surface area contributed by atoms with Gasteiger partial charge in [0.25, 0.3) is 0 Å². The first-order valence-electron chi connectivity index (χ1n) is 11.1. The molecule has 0 bridgehead atoms. The number of anilines is 1. The highest BCUT2D eigenvalue weighted by Gasteiger charge is 2.34. The maximum atomic E-state index is 13.4. The van der Waals surface area contributed by atoms with Gasteiger partial charge in [-0.05, 0) is 60.7 Å². The van der Waals surface area contributed by atoms with Crippen LogP contribution in [0.5, 0.6) is 0 Å². The van der Waals surface area contributed by atoms with Crippen LogP contribution in [0, 0.1) is 11.8 Å². The molecule has 2 aromatic carbocycles. The van der Waals surface area contributed by atoms with Crippen molar-refractivity contribution in [1.29, 1.82) is 0 Å². The van der Waals surface area contributed by atoms with E-state index in [4.69, 9.17) is 9.47 Å². The highest BCUT2D eigenvalue weighted by molar-refractivity contribution is 5.87. The molecule has 5 rings (SSSR count). The number of aromatic nitrogens is 1. The monoisotopic (exact) mass is 458 g/mol. The van der Waals surface area contributed by atoms with E-state index in [2.05, 4.69) is 4.90 Å². The minimum Gasteiger partial charge on any atom is -0.469 e. The van der Waals surface area contributed by atoms with E-state index in [9.17, 15) is 18.0 Å². The summed E-state index contributed by atoms with van der Waals surface area (Å²) in [5.74, 6) is -0.0341. The van der Waals surface area contributed by atoms with Gasteiger partial charge in [-0.25, -0.2) is 0 Å². The van der Waals surface area contributed by atoms with Gasteiger partial charge in [-0.15, -0.1) is 0 Å². The first-order chi connectivity index (χ1) is 15.8. The summed E-state index contributed by atoms with van der Waals surface area (Å²) in [5.41, 5.74) is 2.83. The molecule has 1 aromatic heterocycles. The second-order valence-electron chi connectivity index (χ2n) is 8.83. The van der Waals surface area contributed by atoms with Crippen molar-refractivity contribution < 1.29 is 27.4 Å². The largest absolute Gasteiger partial charge is 0.469 e. The molecule has 0 aliphatic carbocycles. The molecule has 5 nitrogen and oxygen atoms in total. The molecule has 2 aliphatic rings. The summed E-state index contributed by atoms with van der Waals surface area (Å²) in [6, 6.07) is 11.8. The average Bonchev–Trinajstić information content (AvgIpc) is 3.40. The second-order valence-corrected chi connectivity index (χ2v) is 8.83. The Morgan fingerprint density at radius 1 is 1.15 bits per heavy atom. The number of halogens is 3. The number of rotatable bonds is 5. The summed E-state index contributed by atoms with van der Waals surface area (Å²) in [6.45, 7) is 2.51. The van der Waals surface area contributed by atoms with Crippen LogP contribution in [-0.4, -0.2) is 43.9 Å². The standard InChI is InChI=1S/C25H25F3N2O3/c1-32-24(31)18-12-29(13-18)20-3-2-4-21(11-20)30-14-17(9-16-7-8-33-15-16)22-10-19(25(26,27)28)5-6-23(22)30/h2-6,10-11,14,16,18H,7-9,12-13,15H2,1H3. The van der Waals surface area contributed by atoms with Gasteiger partial charge in [0.2, 0.25) is 0 Å². The molecule has 2 aliphatic heterocycles. The van der Waals surface area contributed by atoms with Crippen LogP contribution >= 0.6 is 0 Å². The van der Waals surface area contributed by atoms with E-state index in [1.807, 2.05) is 35.0 Å². The summed E-state index contributed by atoms with van der Waals surface area (Å²) < 4.78 is 52.5. The van der Waals surface area contributed by atoms with Gasteiger partial charge in [0.05, 0.1) is 24.1 Å². The maximum absolute atomic E-state index is 13.4. The number of esters is 1. The molecule has 0 amide bonds. The van der Waals surface area contributed by atoms with Crippen molar-refractivity contribution in [3.63, 3.8) is 0 Å². The minimum atomic E-state index is -4.39. The lowest BCUT2D eigenvalue weighted by Gasteiger charge is -2.39. The van der Waals surface area contributed by atoms with Crippen LogP contribution in [0.3, 0.4) is 0 Å². The Morgan fingerprint density at radius 2 is 1.94 bits per heavy atom. The Balaban J connectivity index is 1.51. The number of methoxy groups -OCH3 is 1. The lowest BCUT2D eigenvalue weighted by atomic mass is 9.98. The van der Waals surface area contributed by atoms with Crippen molar-refractivity contribution in [1.82, 2.24) is 4.57 Å². The van der Waals surface area contributed by atoms with E-state index >= 15 is 0 Å². The highest BCUT2D eigenvalue weighted by atomic mass is 19.4. The van der Waals surface area contributed by atoms with Crippen LogP contribution in [0.25, 0.3) is 16.6 Å². The Kier molecular flexibility index (Phi) is 5.56. The van der Waals surface area contributed by atoms with Crippen LogP contribution in [-0.2, 0) is 26.9 Å². The highest BCUT2D eigenvalue weighted by Crippen LogP contribution is 2.36. The van der Waals surface area contributed by atoms with Crippen molar-refractivity contribution in [2.45, 2.75) is 19.0 Å². The van der Waals surface area contributed by atoms with Gasteiger partial charge >= 0.3 is 12.1 Å². The molecule has 3 heterocycles. The summed E-state index contributed by atoms with van der Waals surface area (Å²) in [4.78, 5) is 13.8. The number of hydrogen-bond acceptors (Lipinski definition) is 4. The third kappa shape index (κ3) is 4.19. The van der Waals surface area contributed by atoms with Gasteiger partial charge in [-0.3, -0.25) is 4.79 Å². The van der Waals surface area contributed by atoms with Crippen LogP contribution in [0.4, 0.5) is 18.9 Å². The number of hydrogen-bond donors (Lipinski definition) is 0. The fraction of sp³-hybridized carbons (Fsp3) is 0.400. The SMILES string of the molecule is COC(=O)C1CN(c2cccc(-n3cc(CC4CCOC4)c4cc(C(F)(F)F)ccc43)c2)C1. The molecule has 0 radical (unpaired) electrons. The van der Waals surface area contributed by atoms with Gasteiger partial charge in [0, 0.05) is 49.3 Å². The molecule has 1 atom stereocenters. The fourth-order valence-electron chi connectivity index (χ4n) is 4.75. The van der Waals surface area contributed by atoms with E-state index in [0.29, 0.717) is 44.0 Å². The fourth-order valence-corrected chi connectivity index (χ4v) is 4.75. The molecule has 8 heteroatoms. The van der Waals surface area contributed by atoms with E-state index < -0.39 is 11.7 Å². The second kappa shape index (κ2) is 8.41. The van der Waals surface area contributed by atoms with Crippen molar-refractivity contribution in [3.8, 4) is 5.69 Å². The molecule has 0 saturated carbocycles. The molecular weight excluding hydrogens is 433 g/mol. The van der Waals surface area contributed by atoms with E-state index in [-0.39, 0.29) is 11.9 Å². The van der Waals surface area contributed by atoms with Gasteiger partial charge in [0.1, 0.15) is 0 Å². The molecule has 2 fully saturated rings. The molecule has 33 heavy (non-hydrogen) atoms. The van der Waals surface area contributed by atoms with Crippen molar-refractivity contribution in [2.75, 3.05) is 38.3 Å². The quantitative estimate of drug-likeness (QED) is 0.514. The molecule has 0 N–H and O–H groups in total.